The van der Waals surface area contributed by atoms with Crippen LogP contribution in [0.5, 0.6) is 0 Å². The molecular formula is C14H14N2O2. The fourth-order valence-electron chi connectivity index (χ4n) is 2.01. The number of Topliss-reactive ketones (excluding diaryl/α,β-unsaturated/α-hetero) is 1. The van der Waals surface area contributed by atoms with Crippen molar-refractivity contribution >= 4 is 23.1 Å². The van der Waals surface area contributed by atoms with Crippen LogP contribution in [-0.2, 0) is 4.79 Å². The molecule has 1 aromatic rings. The van der Waals surface area contributed by atoms with Gasteiger partial charge in [0.25, 0.3) is 11.7 Å². The third-order valence-corrected chi connectivity index (χ3v) is 2.84. The number of ketones is 1. The zero-order chi connectivity index (χ0) is 13.1. The molecule has 0 saturated heterocycles. The number of hydrogen-bond donors (Lipinski definition) is 1. The first kappa shape index (κ1) is 12.2. The summed E-state index contributed by atoms with van der Waals surface area (Å²) in [6, 6.07) is 5.29. The molecule has 1 aromatic carbocycles. The van der Waals surface area contributed by atoms with Gasteiger partial charge in [0, 0.05) is 12.2 Å². The smallest absolute Gasteiger partial charge is 0.296 e. The Morgan fingerprint density at radius 1 is 1.39 bits per heavy atom. The number of amides is 1. The van der Waals surface area contributed by atoms with Gasteiger partial charge in [-0.05, 0) is 24.6 Å². The number of nitrogens with zero attached hydrogens (tertiary/aromatic N) is 1. The first-order valence-corrected chi connectivity index (χ1v) is 5.85. The van der Waals surface area contributed by atoms with Gasteiger partial charge in [0.05, 0.1) is 17.8 Å². The van der Waals surface area contributed by atoms with Gasteiger partial charge in [-0.15, -0.1) is 6.42 Å². The van der Waals surface area contributed by atoms with E-state index in [4.69, 9.17) is 6.42 Å². The van der Waals surface area contributed by atoms with Crippen LogP contribution in [0.1, 0.15) is 23.7 Å². The Bertz CT molecular complexity index is 543. The standard InChI is InChI=1S/C14H14N2O2/c1-3-7-16(8-4-2)10-5-6-11-12(9-10)15-14(18)13(11)17/h1,5-6,9H,4,7-8H2,2H3,(H,15,17,18). The van der Waals surface area contributed by atoms with Crippen LogP contribution in [0.2, 0.25) is 0 Å². The van der Waals surface area contributed by atoms with Crippen LogP contribution >= 0.6 is 0 Å². The number of carbonyl (C=O) groups excluding carboxylic acids is 2. The molecule has 1 amide bonds. The summed E-state index contributed by atoms with van der Waals surface area (Å²) >= 11 is 0. The molecule has 0 aromatic heterocycles. The van der Waals surface area contributed by atoms with Crippen molar-refractivity contribution in [3.63, 3.8) is 0 Å². The molecule has 0 radical (unpaired) electrons. The summed E-state index contributed by atoms with van der Waals surface area (Å²) in [6.07, 6.45) is 6.31. The lowest BCUT2D eigenvalue weighted by molar-refractivity contribution is -0.112. The van der Waals surface area contributed by atoms with E-state index < -0.39 is 11.7 Å². The summed E-state index contributed by atoms with van der Waals surface area (Å²) in [7, 11) is 0. The summed E-state index contributed by atoms with van der Waals surface area (Å²) in [5, 5.41) is 2.56. The Labute approximate surface area is 106 Å². The van der Waals surface area contributed by atoms with E-state index in [-0.39, 0.29) is 0 Å². The summed E-state index contributed by atoms with van der Waals surface area (Å²) in [5.74, 6) is 1.56. The lowest BCUT2D eigenvalue weighted by atomic mass is 10.1. The van der Waals surface area contributed by atoms with Gasteiger partial charge >= 0.3 is 0 Å². The Hall–Kier alpha value is -2.28. The topological polar surface area (TPSA) is 49.4 Å². The minimum absolute atomic E-state index is 0.431. The number of carbonyl (C=O) groups is 2. The number of anilines is 2. The second-order valence-electron chi connectivity index (χ2n) is 4.14. The van der Waals surface area contributed by atoms with E-state index in [1.165, 1.54) is 0 Å². The number of benzene rings is 1. The molecule has 0 bridgehead atoms. The van der Waals surface area contributed by atoms with Crippen LogP contribution in [0.15, 0.2) is 18.2 Å². The fraction of sp³-hybridized carbons (Fsp3) is 0.286. The number of nitrogens with one attached hydrogen (secondary N) is 1. The largest absolute Gasteiger partial charge is 0.360 e. The first-order chi connectivity index (χ1) is 8.67. The van der Waals surface area contributed by atoms with E-state index in [0.717, 1.165) is 18.7 Å². The van der Waals surface area contributed by atoms with Crippen LogP contribution in [0.3, 0.4) is 0 Å². The molecule has 4 heteroatoms. The van der Waals surface area contributed by atoms with E-state index in [1.807, 2.05) is 11.0 Å². The van der Waals surface area contributed by atoms with Crippen molar-refractivity contribution in [1.82, 2.24) is 0 Å². The zero-order valence-corrected chi connectivity index (χ0v) is 10.2. The Morgan fingerprint density at radius 3 is 2.83 bits per heavy atom. The molecule has 1 N–H and O–H groups in total. The zero-order valence-electron chi connectivity index (χ0n) is 10.2. The monoisotopic (exact) mass is 242 g/mol. The van der Waals surface area contributed by atoms with E-state index >= 15 is 0 Å². The van der Waals surface area contributed by atoms with Gasteiger partial charge in [0.2, 0.25) is 0 Å². The van der Waals surface area contributed by atoms with Crippen molar-refractivity contribution in [3.05, 3.63) is 23.8 Å². The SMILES string of the molecule is C#CCN(CCC)c1ccc2c(c1)NC(=O)C2=O. The van der Waals surface area contributed by atoms with Crippen molar-refractivity contribution in [2.45, 2.75) is 13.3 Å². The molecule has 0 fully saturated rings. The number of hydrogen-bond acceptors (Lipinski definition) is 3. The number of terminal acetylenes is 1. The predicted molar refractivity (Wildman–Crippen MR) is 70.7 cm³/mol. The Morgan fingerprint density at radius 2 is 2.17 bits per heavy atom. The van der Waals surface area contributed by atoms with Crippen LogP contribution in [0.4, 0.5) is 11.4 Å². The van der Waals surface area contributed by atoms with Gasteiger partial charge < -0.3 is 10.2 Å². The maximum absolute atomic E-state index is 11.5. The van der Waals surface area contributed by atoms with E-state index in [1.54, 1.807) is 12.1 Å². The minimum Gasteiger partial charge on any atom is -0.360 e. The molecule has 0 spiro atoms. The highest BCUT2D eigenvalue weighted by atomic mass is 16.2. The summed E-state index contributed by atoms with van der Waals surface area (Å²) in [4.78, 5) is 24.8. The maximum Gasteiger partial charge on any atom is 0.296 e. The molecule has 0 aliphatic carbocycles. The second kappa shape index (κ2) is 4.92. The van der Waals surface area contributed by atoms with Gasteiger partial charge in [-0.3, -0.25) is 9.59 Å². The molecule has 18 heavy (non-hydrogen) atoms. The lowest BCUT2D eigenvalue weighted by Gasteiger charge is -2.22. The summed E-state index contributed by atoms with van der Waals surface area (Å²) in [6.45, 7) is 3.42. The molecular weight excluding hydrogens is 228 g/mol. The van der Waals surface area contributed by atoms with E-state index in [9.17, 15) is 9.59 Å². The van der Waals surface area contributed by atoms with Gasteiger partial charge in [-0.25, -0.2) is 0 Å². The summed E-state index contributed by atoms with van der Waals surface area (Å²) < 4.78 is 0. The van der Waals surface area contributed by atoms with Gasteiger partial charge in [0.1, 0.15) is 0 Å². The molecule has 4 nitrogen and oxygen atoms in total. The van der Waals surface area contributed by atoms with Crippen molar-refractivity contribution in [2.24, 2.45) is 0 Å². The lowest BCUT2D eigenvalue weighted by Crippen LogP contribution is -2.24. The normalized spacial score (nSPS) is 12.9. The van der Waals surface area contributed by atoms with Crippen LogP contribution in [-0.4, -0.2) is 24.8 Å². The van der Waals surface area contributed by atoms with Crippen molar-refractivity contribution < 1.29 is 9.59 Å². The van der Waals surface area contributed by atoms with Crippen molar-refractivity contribution in [2.75, 3.05) is 23.3 Å². The minimum atomic E-state index is -0.568. The average molecular weight is 242 g/mol. The third kappa shape index (κ3) is 2.07. The van der Waals surface area contributed by atoms with Crippen molar-refractivity contribution in [1.29, 1.82) is 0 Å². The average Bonchev–Trinajstić information content (AvgIpc) is 2.64. The predicted octanol–water partition coefficient (Wildman–Crippen LogP) is 1.67. The van der Waals surface area contributed by atoms with E-state index in [0.29, 0.717) is 17.8 Å². The fourth-order valence-corrected chi connectivity index (χ4v) is 2.01. The van der Waals surface area contributed by atoms with Crippen LogP contribution in [0, 0.1) is 12.3 Å². The number of rotatable bonds is 4. The number of fused-ring (bicyclic) bond motifs is 1. The van der Waals surface area contributed by atoms with E-state index in [2.05, 4.69) is 18.2 Å². The molecule has 0 atom stereocenters. The van der Waals surface area contributed by atoms with Gasteiger partial charge in [0.15, 0.2) is 0 Å². The second-order valence-corrected chi connectivity index (χ2v) is 4.14. The molecule has 2 rings (SSSR count). The highest BCUT2D eigenvalue weighted by Crippen LogP contribution is 2.28. The molecule has 1 aliphatic heterocycles. The highest BCUT2D eigenvalue weighted by molar-refractivity contribution is 6.51. The quantitative estimate of drug-likeness (QED) is 0.645. The summed E-state index contributed by atoms with van der Waals surface area (Å²) in [5.41, 5.74) is 1.92. The molecule has 1 heterocycles. The Kier molecular flexibility index (Phi) is 3.33. The molecule has 92 valence electrons. The van der Waals surface area contributed by atoms with Crippen LogP contribution < -0.4 is 10.2 Å². The molecule has 0 unspecified atom stereocenters. The van der Waals surface area contributed by atoms with Crippen molar-refractivity contribution in [3.8, 4) is 12.3 Å². The molecule has 1 aliphatic rings. The van der Waals surface area contributed by atoms with Gasteiger partial charge in [-0.2, -0.15) is 0 Å². The van der Waals surface area contributed by atoms with Gasteiger partial charge in [-0.1, -0.05) is 12.8 Å². The first-order valence-electron chi connectivity index (χ1n) is 5.85. The van der Waals surface area contributed by atoms with Crippen LogP contribution in [0.25, 0.3) is 0 Å². The Balaban J connectivity index is 2.32. The highest BCUT2D eigenvalue weighted by Gasteiger charge is 2.28. The third-order valence-electron chi connectivity index (χ3n) is 2.84. The molecule has 0 saturated carbocycles. The maximum atomic E-state index is 11.5.